The second-order valence-electron chi connectivity index (χ2n) is 5.96. The third-order valence-electron chi connectivity index (χ3n) is 4.01. The van der Waals surface area contributed by atoms with Gasteiger partial charge in [0.05, 0.1) is 0 Å². The topological polar surface area (TPSA) is 49.8 Å². The number of anilines is 3. The summed E-state index contributed by atoms with van der Waals surface area (Å²) in [5.74, 6) is 1.10. The number of para-hydroxylation sites is 1. The number of aryl methyl sites for hydroxylation is 2. The Morgan fingerprint density at radius 2 is 1.68 bits per heavy atom. The number of halogens is 1. The van der Waals surface area contributed by atoms with E-state index in [0.717, 1.165) is 34.6 Å². The smallest absolute Gasteiger partial charge is 0.229 e. The average molecular weight is 336 g/mol. The Morgan fingerprint density at radius 1 is 0.960 bits per heavy atom. The van der Waals surface area contributed by atoms with Crippen LogP contribution in [-0.4, -0.2) is 16.5 Å². The van der Waals surface area contributed by atoms with Gasteiger partial charge in [0, 0.05) is 18.4 Å². The van der Waals surface area contributed by atoms with E-state index in [0.29, 0.717) is 12.5 Å². The van der Waals surface area contributed by atoms with Crippen molar-refractivity contribution in [3.05, 3.63) is 77.2 Å². The van der Waals surface area contributed by atoms with Crippen LogP contribution in [0, 0.1) is 19.7 Å². The van der Waals surface area contributed by atoms with Gasteiger partial charge in [-0.15, -0.1) is 0 Å². The fourth-order valence-electron chi connectivity index (χ4n) is 2.63. The van der Waals surface area contributed by atoms with Crippen LogP contribution in [0.3, 0.4) is 0 Å². The van der Waals surface area contributed by atoms with E-state index in [1.807, 2.05) is 12.1 Å². The zero-order chi connectivity index (χ0) is 17.6. The molecule has 3 rings (SSSR count). The predicted molar refractivity (Wildman–Crippen MR) is 99.8 cm³/mol. The molecule has 2 N–H and O–H groups in total. The summed E-state index contributed by atoms with van der Waals surface area (Å²) in [5, 5.41) is 6.57. The van der Waals surface area contributed by atoms with Crippen molar-refractivity contribution in [3.63, 3.8) is 0 Å². The molecule has 0 bridgehead atoms. The Labute approximate surface area is 147 Å². The van der Waals surface area contributed by atoms with E-state index in [1.165, 1.54) is 12.1 Å². The summed E-state index contributed by atoms with van der Waals surface area (Å²) >= 11 is 0. The van der Waals surface area contributed by atoms with Gasteiger partial charge >= 0.3 is 0 Å². The lowest BCUT2D eigenvalue weighted by Crippen LogP contribution is -2.08. The molecule has 1 heterocycles. The molecule has 0 unspecified atom stereocenters. The van der Waals surface area contributed by atoms with Crippen molar-refractivity contribution in [1.82, 2.24) is 9.97 Å². The average Bonchev–Trinajstić information content (AvgIpc) is 2.60. The lowest BCUT2D eigenvalue weighted by Gasteiger charge is -2.12. The van der Waals surface area contributed by atoms with Gasteiger partial charge in [-0.1, -0.05) is 30.3 Å². The number of rotatable bonds is 6. The van der Waals surface area contributed by atoms with Crippen LogP contribution >= 0.6 is 0 Å². The van der Waals surface area contributed by atoms with Crippen molar-refractivity contribution < 1.29 is 4.39 Å². The number of benzene rings is 2. The fourth-order valence-corrected chi connectivity index (χ4v) is 2.63. The number of hydrogen-bond donors (Lipinski definition) is 2. The molecule has 0 aliphatic rings. The minimum atomic E-state index is -0.213. The first-order chi connectivity index (χ1) is 12.1. The van der Waals surface area contributed by atoms with E-state index in [1.54, 1.807) is 18.3 Å². The predicted octanol–water partition coefficient (Wildman–Crippen LogP) is 4.63. The minimum absolute atomic E-state index is 0.213. The highest BCUT2D eigenvalue weighted by Gasteiger charge is 2.05. The second-order valence-corrected chi connectivity index (χ2v) is 5.96. The molecule has 2 aromatic carbocycles. The maximum Gasteiger partial charge on any atom is 0.229 e. The van der Waals surface area contributed by atoms with Gasteiger partial charge in [0.1, 0.15) is 11.6 Å². The van der Waals surface area contributed by atoms with Gasteiger partial charge in [-0.05, 0) is 55.2 Å². The summed E-state index contributed by atoms with van der Waals surface area (Å²) in [6.07, 6.45) is 2.52. The molecule has 0 fully saturated rings. The Hall–Kier alpha value is -2.95. The quantitative estimate of drug-likeness (QED) is 0.689. The van der Waals surface area contributed by atoms with E-state index >= 15 is 0 Å². The number of aromatic nitrogens is 2. The highest BCUT2D eigenvalue weighted by molar-refractivity contribution is 5.63. The molecule has 25 heavy (non-hydrogen) atoms. The van der Waals surface area contributed by atoms with Gasteiger partial charge in [-0.2, -0.15) is 4.98 Å². The zero-order valence-corrected chi connectivity index (χ0v) is 14.4. The van der Waals surface area contributed by atoms with Crippen LogP contribution in [0.5, 0.6) is 0 Å². The summed E-state index contributed by atoms with van der Waals surface area (Å²) in [5.41, 5.74) is 4.42. The molecule has 3 aromatic rings. The van der Waals surface area contributed by atoms with Gasteiger partial charge in [0.15, 0.2) is 0 Å². The Balaban J connectivity index is 1.62. The summed E-state index contributed by atoms with van der Waals surface area (Å²) in [7, 11) is 0. The molecule has 0 aliphatic carbocycles. The zero-order valence-electron chi connectivity index (χ0n) is 14.4. The number of hydrogen-bond acceptors (Lipinski definition) is 4. The van der Waals surface area contributed by atoms with Crippen molar-refractivity contribution >= 4 is 17.5 Å². The molecule has 0 saturated heterocycles. The van der Waals surface area contributed by atoms with E-state index in [2.05, 4.69) is 46.6 Å². The van der Waals surface area contributed by atoms with Gasteiger partial charge in [0.25, 0.3) is 0 Å². The van der Waals surface area contributed by atoms with Crippen molar-refractivity contribution in [2.75, 3.05) is 17.2 Å². The lowest BCUT2D eigenvalue weighted by atomic mass is 10.1. The standard InChI is InChI=1S/C20H21FN4/c1-14-4-3-5-15(2)19(14)25-20-23-13-11-18(24-20)22-12-10-16-6-8-17(21)9-7-16/h3-9,11,13H,10,12H2,1-2H3,(H2,22,23,24,25). The van der Waals surface area contributed by atoms with Gasteiger partial charge in [-0.3, -0.25) is 0 Å². The van der Waals surface area contributed by atoms with Crippen molar-refractivity contribution in [1.29, 1.82) is 0 Å². The van der Waals surface area contributed by atoms with Crippen LogP contribution in [0.1, 0.15) is 16.7 Å². The summed E-state index contributed by atoms with van der Waals surface area (Å²) < 4.78 is 12.9. The first kappa shape index (κ1) is 16.9. The summed E-state index contributed by atoms with van der Waals surface area (Å²) in [4.78, 5) is 8.79. The highest BCUT2D eigenvalue weighted by atomic mass is 19.1. The van der Waals surface area contributed by atoms with Crippen molar-refractivity contribution in [3.8, 4) is 0 Å². The molecular weight excluding hydrogens is 315 g/mol. The first-order valence-electron chi connectivity index (χ1n) is 8.26. The third kappa shape index (κ3) is 4.53. The lowest BCUT2D eigenvalue weighted by molar-refractivity contribution is 0.627. The van der Waals surface area contributed by atoms with Crippen LogP contribution in [0.15, 0.2) is 54.7 Å². The Morgan fingerprint density at radius 3 is 2.40 bits per heavy atom. The Bertz CT molecular complexity index is 826. The molecule has 0 radical (unpaired) electrons. The van der Waals surface area contributed by atoms with E-state index in [4.69, 9.17) is 0 Å². The fraction of sp³-hybridized carbons (Fsp3) is 0.200. The molecule has 1 aromatic heterocycles. The van der Waals surface area contributed by atoms with E-state index < -0.39 is 0 Å². The highest BCUT2D eigenvalue weighted by Crippen LogP contribution is 2.22. The van der Waals surface area contributed by atoms with E-state index in [-0.39, 0.29) is 5.82 Å². The molecule has 0 amide bonds. The van der Waals surface area contributed by atoms with Crippen LogP contribution in [0.2, 0.25) is 0 Å². The maximum absolute atomic E-state index is 12.9. The third-order valence-corrected chi connectivity index (χ3v) is 4.01. The van der Waals surface area contributed by atoms with E-state index in [9.17, 15) is 4.39 Å². The molecule has 0 aliphatic heterocycles. The molecular formula is C20H21FN4. The molecule has 0 atom stereocenters. The van der Waals surface area contributed by atoms with Crippen LogP contribution in [0.25, 0.3) is 0 Å². The van der Waals surface area contributed by atoms with Gasteiger partial charge < -0.3 is 10.6 Å². The largest absolute Gasteiger partial charge is 0.370 e. The van der Waals surface area contributed by atoms with Gasteiger partial charge in [-0.25, -0.2) is 9.37 Å². The SMILES string of the molecule is Cc1cccc(C)c1Nc1nccc(NCCc2ccc(F)cc2)n1. The van der Waals surface area contributed by atoms with Gasteiger partial charge in [0.2, 0.25) is 5.95 Å². The van der Waals surface area contributed by atoms with Crippen LogP contribution in [0.4, 0.5) is 21.8 Å². The minimum Gasteiger partial charge on any atom is -0.370 e. The molecule has 128 valence electrons. The molecule has 0 spiro atoms. The molecule has 4 nitrogen and oxygen atoms in total. The molecule has 0 saturated carbocycles. The number of nitrogens with one attached hydrogen (secondary N) is 2. The monoisotopic (exact) mass is 336 g/mol. The second kappa shape index (κ2) is 7.75. The normalized spacial score (nSPS) is 10.5. The van der Waals surface area contributed by atoms with Crippen molar-refractivity contribution in [2.24, 2.45) is 0 Å². The summed E-state index contributed by atoms with van der Waals surface area (Å²) in [6.45, 7) is 4.83. The maximum atomic E-state index is 12.9. The summed E-state index contributed by atoms with van der Waals surface area (Å²) in [6, 6.07) is 14.5. The first-order valence-corrected chi connectivity index (χ1v) is 8.26. The molecule has 5 heteroatoms. The van der Waals surface area contributed by atoms with Crippen LogP contribution < -0.4 is 10.6 Å². The van der Waals surface area contributed by atoms with Crippen LogP contribution in [-0.2, 0) is 6.42 Å². The Kier molecular flexibility index (Phi) is 5.23. The van der Waals surface area contributed by atoms with Crippen molar-refractivity contribution in [2.45, 2.75) is 20.3 Å². The number of nitrogens with zero attached hydrogens (tertiary/aromatic N) is 2.